The molecule has 4 aliphatic rings. The molecule has 0 amide bonds. The van der Waals surface area contributed by atoms with Crippen LogP contribution in [0.2, 0.25) is 0 Å². The molecule has 17 nitrogen and oxygen atoms in total. The zero-order chi connectivity index (χ0) is 34.2. The number of benzene rings is 1. The number of phosphoric acid groups is 1. The summed E-state index contributed by atoms with van der Waals surface area (Å²) in [6.07, 6.45) is 0.719. The Morgan fingerprint density at radius 3 is 2.40 bits per heavy atom. The number of phosphoric ester groups is 1. The highest BCUT2D eigenvalue weighted by molar-refractivity contribution is 8.54. The Bertz CT molecular complexity index is 1840. The molecule has 5 heterocycles. The molecule has 1 aromatic carbocycles. The van der Waals surface area contributed by atoms with E-state index in [4.69, 9.17) is 38.5 Å². The third-order valence-electron chi connectivity index (χ3n) is 8.29. The van der Waals surface area contributed by atoms with Gasteiger partial charge in [0, 0.05) is 4.90 Å². The van der Waals surface area contributed by atoms with Crippen LogP contribution >= 0.6 is 26.0 Å². The van der Waals surface area contributed by atoms with Crippen LogP contribution in [0, 0.1) is 0 Å². The minimum atomic E-state index is -4.74. The molecule has 5 N–H and O–H groups in total. The van der Waals surface area contributed by atoms with E-state index in [2.05, 4.69) is 9.97 Å². The van der Waals surface area contributed by atoms with E-state index in [9.17, 15) is 23.8 Å². The van der Waals surface area contributed by atoms with Crippen LogP contribution in [0.3, 0.4) is 0 Å². The Morgan fingerprint density at radius 1 is 0.979 bits per heavy atom. The second kappa shape index (κ2) is 12.2. The maximum atomic E-state index is 12.9. The van der Waals surface area contributed by atoms with Crippen molar-refractivity contribution in [3.8, 4) is 0 Å². The molecule has 3 aromatic rings. The number of rotatable bonds is 10. The third-order valence-corrected chi connectivity index (χ3v) is 11.6. The molecule has 0 saturated carbocycles. The highest BCUT2D eigenvalue weighted by Crippen LogP contribution is 2.59. The van der Waals surface area contributed by atoms with E-state index < -0.39 is 69.0 Å². The lowest BCUT2D eigenvalue weighted by molar-refractivity contribution is -0.706. The van der Waals surface area contributed by atoms with E-state index >= 15 is 0 Å². The number of ether oxygens (including phenoxy) is 5. The summed E-state index contributed by atoms with van der Waals surface area (Å²) in [5.41, 5.74) is 7.89. The number of imidazole rings is 1. The quantitative estimate of drug-likeness (QED) is 0.134. The standard InChI is InChI=1S/C28H35N5O12P2S/c1-27(2)42-20-15(11-39-46(34,35)36)10-17(21(20)43-27)32-14-31-25-19(24(32)29)30-13-33(25)26-23-22(44-28(3,4)45-23)18(41-26)12-40-47(37,38)48-16-8-6-5-7-9-16/h5-10,13-14,17-18,20-23,26,29H,11-12H2,1-4H3,(H3,34,35,36,37,38)/p+1/t17-,18-,20-,21+,22-,23-,26-/m1/s1. The summed E-state index contributed by atoms with van der Waals surface area (Å²) in [6, 6.07) is 8.22. The minimum absolute atomic E-state index is 0.238. The molecule has 0 radical (unpaired) electrons. The number of hydrogen-bond donors (Lipinski definition) is 4. The Labute approximate surface area is 278 Å². The van der Waals surface area contributed by atoms with Gasteiger partial charge in [0.15, 0.2) is 23.3 Å². The molecule has 0 bridgehead atoms. The lowest BCUT2D eigenvalue weighted by atomic mass is 10.1. The second-order valence-electron chi connectivity index (χ2n) is 12.7. The molecule has 1 aliphatic carbocycles. The second-order valence-corrected chi connectivity index (χ2v) is 17.7. The lowest BCUT2D eigenvalue weighted by Crippen LogP contribution is -2.48. The van der Waals surface area contributed by atoms with Crippen LogP contribution in [0.1, 0.15) is 40.0 Å². The molecule has 0 spiro atoms. The molecule has 7 rings (SSSR count). The predicted octanol–water partition coefficient (Wildman–Crippen LogP) is 2.74. The first-order valence-electron chi connectivity index (χ1n) is 15.0. The van der Waals surface area contributed by atoms with Gasteiger partial charge in [0.25, 0.3) is 5.82 Å². The van der Waals surface area contributed by atoms with E-state index in [1.54, 1.807) is 67.2 Å². The summed E-state index contributed by atoms with van der Waals surface area (Å²) in [5, 5.41) is 0. The van der Waals surface area contributed by atoms with Crippen LogP contribution in [0.15, 0.2) is 59.5 Å². The van der Waals surface area contributed by atoms with Crippen molar-refractivity contribution in [1.29, 1.82) is 0 Å². The van der Waals surface area contributed by atoms with Crippen molar-refractivity contribution in [2.24, 2.45) is 0 Å². The minimum Gasteiger partial charge on any atom is -0.346 e. The van der Waals surface area contributed by atoms with Crippen molar-refractivity contribution in [3.63, 3.8) is 0 Å². The van der Waals surface area contributed by atoms with Gasteiger partial charge < -0.3 is 44.1 Å². The van der Waals surface area contributed by atoms with Crippen molar-refractivity contribution >= 4 is 43.0 Å². The largest absolute Gasteiger partial charge is 0.469 e. The first-order chi connectivity index (χ1) is 22.5. The molecule has 260 valence electrons. The molecule has 20 heteroatoms. The van der Waals surface area contributed by atoms with Crippen molar-refractivity contribution in [1.82, 2.24) is 14.5 Å². The first kappa shape index (κ1) is 34.2. The Balaban J connectivity index is 1.14. The Kier molecular flexibility index (Phi) is 8.68. The van der Waals surface area contributed by atoms with Crippen molar-refractivity contribution in [2.75, 3.05) is 18.9 Å². The van der Waals surface area contributed by atoms with E-state index in [0.29, 0.717) is 21.6 Å². The van der Waals surface area contributed by atoms with E-state index in [0.717, 1.165) is 11.4 Å². The number of fused-ring (bicyclic) bond motifs is 3. The maximum absolute atomic E-state index is 12.9. The molecule has 8 atom stereocenters. The van der Waals surface area contributed by atoms with Crippen LogP contribution in [0.5, 0.6) is 0 Å². The average molecular weight is 729 g/mol. The van der Waals surface area contributed by atoms with Gasteiger partial charge in [-0.3, -0.25) is 13.6 Å². The van der Waals surface area contributed by atoms with Gasteiger partial charge in [0.05, 0.1) is 13.2 Å². The van der Waals surface area contributed by atoms with Crippen LogP contribution < -0.4 is 10.3 Å². The molecule has 1 unspecified atom stereocenters. The fraction of sp³-hybridized carbons (Fsp3) is 0.536. The van der Waals surface area contributed by atoms with Gasteiger partial charge >= 0.3 is 14.6 Å². The number of nitrogens with zero attached hydrogens (tertiary/aromatic N) is 4. The zero-order valence-electron chi connectivity index (χ0n) is 26.3. The number of nitrogens with two attached hydrogens (primary N) is 1. The first-order valence-corrected chi connectivity index (χ1v) is 19.5. The Morgan fingerprint density at radius 2 is 1.67 bits per heavy atom. The van der Waals surface area contributed by atoms with Gasteiger partial charge in [-0.1, -0.05) is 23.2 Å². The highest BCUT2D eigenvalue weighted by atomic mass is 32.7. The summed E-state index contributed by atoms with van der Waals surface area (Å²) in [4.78, 5) is 38.9. The fourth-order valence-corrected chi connectivity index (χ4v) is 9.23. The van der Waals surface area contributed by atoms with Crippen molar-refractivity contribution < 1.29 is 61.1 Å². The number of aromatic nitrogens is 4. The summed E-state index contributed by atoms with van der Waals surface area (Å²) in [7, 11) is -4.74. The SMILES string of the molecule is CC1(C)O[C@@H]2[C@H](O1)[C@@H](COP(=O)(O)Sc1ccccc1)O[C@H]2n1cnc2c(N)[n+]([C@@H]3C=C(COP(=O)(O)O)[C@H]4OC(C)(C)O[C@H]43)cnc21. The van der Waals surface area contributed by atoms with Crippen molar-refractivity contribution in [2.45, 2.75) is 87.0 Å². The molecule has 3 aliphatic heterocycles. The van der Waals surface area contributed by atoms with Crippen molar-refractivity contribution in [3.05, 3.63) is 54.6 Å². The monoisotopic (exact) mass is 728 g/mol. The highest BCUT2D eigenvalue weighted by Gasteiger charge is 2.57. The van der Waals surface area contributed by atoms with Gasteiger partial charge in [-0.2, -0.15) is 0 Å². The fourth-order valence-electron chi connectivity index (χ4n) is 6.48. The molecule has 3 saturated heterocycles. The molecule has 3 fully saturated rings. The molecule has 48 heavy (non-hydrogen) atoms. The van der Waals surface area contributed by atoms with Gasteiger partial charge in [0.1, 0.15) is 42.9 Å². The van der Waals surface area contributed by atoms with E-state index in [1.165, 1.54) is 12.7 Å². The topological polar surface area (TPSA) is 220 Å². The summed E-state index contributed by atoms with van der Waals surface area (Å²) in [6.45, 7) is 2.32. The lowest BCUT2D eigenvalue weighted by Gasteiger charge is -2.24. The van der Waals surface area contributed by atoms with Gasteiger partial charge in [0.2, 0.25) is 12.0 Å². The van der Waals surface area contributed by atoms with Gasteiger partial charge in [-0.15, -0.1) is 0 Å². The Hall–Kier alpha value is -2.28. The predicted molar refractivity (Wildman–Crippen MR) is 167 cm³/mol. The normalized spacial score (nSPS) is 31.9. The third kappa shape index (κ3) is 6.75. The smallest absolute Gasteiger partial charge is 0.346 e. The van der Waals surface area contributed by atoms with E-state index in [1.807, 2.05) is 6.07 Å². The van der Waals surface area contributed by atoms with Crippen LogP contribution in [0.4, 0.5) is 5.82 Å². The molecular formula is C28H36N5O12P2S+. The van der Waals surface area contributed by atoms with Crippen LogP contribution in [-0.2, 0) is 41.9 Å². The maximum Gasteiger partial charge on any atom is 0.469 e. The zero-order valence-corrected chi connectivity index (χ0v) is 28.9. The average Bonchev–Trinajstić information content (AvgIpc) is 3.77. The molecule has 2 aromatic heterocycles. The van der Waals surface area contributed by atoms with E-state index in [-0.39, 0.29) is 19.0 Å². The molecular weight excluding hydrogens is 692 g/mol. The van der Waals surface area contributed by atoms with Crippen LogP contribution in [0.25, 0.3) is 11.2 Å². The summed E-state index contributed by atoms with van der Waals surface area (Å²) in [5.74, 6) is -1.70. The van der Waals surface area contributed by atoms with Gasteiger partial charge in [-0.25, -0.2) is 18.7 Å². The van der Waals surface area contributed by atoms with Crippen LogP contribution in [-0.4, -0.2) is 84.5 Å². The number of hydrogen-bond acceptors (Lipinski definition) is 13. The summed E-state index contributed by atoms with van der Waals surface area (Å²) < 4.78 is 68.8. The summed E-state index contributed by atoms with van der Waals surface area (Å²) >= 11 is 0.735. The number of nitrogen functional groups attached to an aromatic ring is 1. The number of anilines is 1. The van der Waals surface area contributed by atoms with Gasteiger partial charge in [-0.05, 0) is 62.9 Å².